The fraction of sp³-hybridized carbons (Fsp3) is 0.667. The van der Waals surface area contributed by atoms with Gasteiger partial charge < -0.3 is 4.90 Å². The van der Waals surface area contributed by atoms with E-state index >= 15 is 0 Å². The van der Waals surface area contributed by atoms with Gasteiger partial charge in [-0.05, 0) is 32.0 Å². The zero-order valence-electron chi connectivity index (χ0n) is 11.0. The molecule has 2 heterocycles. The van der Waals surface area contributed by atoms with Crippen LogP contribution in [0.2, 0.25) is 0 Å². The highest BCUT2D eigenvalue weighted by atomic mass is 79.9. The van der Waals surface area contributed by atoms with Gasteiger partial charge in [0.25, 0.3) is 10.0 Å². The molecule has 0 saturated carbocycles. The van der Waals surface area contributed by atoms with Crippen molar-refractivity contribution in [2.75, 3.05) is 38.1 Å². The van der Waals surface area contributed by atoms with Gasteiger partial charge in [0.05, 0.1) is 0 Å². The predicted octanol–water partition coefficient (Wildman–Crippen LogP) is 2.15. The van der Waals surface area contributed by atoms with Crippen LogP contribution in [0.4, 0.5) is 0 Å². The van der Waals surface area contributed by atoms with E-state index in [0.717, 1.165) is 36.3 Å². The third kappa shape index (κ3) is 3.78. The van der Waals surface area contributed by atoms with Gasteiger partial charge in [0, 0.05) is 36.4 Å². The first kappa shape index (κ1) is 15.4. The van der Waals surface area contributed by atoms with Gasteiger partial charge in [0.15, 0.2) is 0 Å². The molecule has 19 heavy (non-hydrogen) atoms. The van der Waals surface area contributed by atoms with Gasteiger partial charge in [-0.1, -0.05) is 15.9 Å². The van der Waals surface area contributed by atoms with Gasteiger partial charge in [-0.2, -0.15) is 4.31 Å². The third-order valence-corrected chi connectivity index (χ3v) is 6.98. The molecule has 1 fully saturated rings. The van der Waals surface area contributed by atoms with Gasteiger partial charge in [0.1, 0.15) is 4.21 Å². The second-order valence-corrected chi connectivity index (χ2v) is 8.90. The largest absolute Gasteiger partial charge is 0.301 e. The summed E-state index contributed by atoms with van der Waals surface area (Å²) in [6, 6.07) is 3.59. The Kier molecular flexibility index (Phi) is 5.42. The van der Waals surface area contributed by atoms with E-state index in [-0.39, 0.29) is 0 Å². The second-order valence-electron chi connectivity index (χ2n) is 4.65. The van der Waals surface area contributed by atoms with E-state index in [1.807, 2.05) is 13.0 Å². The smallest absolute Gasteiger partial charge is 0.252 e. The van der Waals surface area contributed by atoms with Crippen LogP contribution in [0.3, 0.4) is 0 Å². The lowest BCUT2D eigenvalue weighted by atomic mass is 10.4. The summed E-state index contributed by atoms with van der Waals surface area (Å²) in [4.78, 5) is 3.35. The molecule has 1 aliphatic heterocycles. The SMILES string of the molecule is Cc1ccc(S(=O)(=O)N2CCCN(CCBr)CC2)s1. The monoisotopic (exact) mass is 366 g/mol. The van der Waals surface area contributed by atoms with Crippen molar-refractivity contribution < 1.29 is 8.42 Å². The summed E-state index contributed by atoms with van der Waals surface area (Å²) in [5, 5.41) is 0.934. The zero-order chi connectivity index (χ0) is 13.9. The lowest BCUT2D eigenvalue weighted by molar-refractivity contribution is 0.305. The lowest BCUT2D eigenvalue weighted by Gasteiger charge is -2.20. The number of thiophene rings is 1. The van der Waals surface area contributed by atoms with E-state index < -0.39 is 10.0 Å². The molecular formula is C12H19BrN2O2S2. The minimum absolute atomic E-state index is 0.471. The maximum absolute atomic E-state index is 12.5. The summed E-state index contributed by atoms with van der Waals surface area (Å²) in [5.41, 5.74) is 0. The molecule has 0 atom stereocenters. The summed E-state index contributed by atoms with van der Waals surface area (Å²) >= 11 is 4.79. The molecular weight excluding hydrogens is 348 g/mol. The van der Waals surface area contributed by atoms with Crippen LogP contribution in [0.5, 0.6) is 0 Å². The number of rotatable bonds is 4. The molecule has 0 aliphatic carbocycles. The number of aryl methyl sites for hydroxylation is 1. The molecule has 1 saturated heterocycles. The fourth-order valence-corrected chi connectivity index (χ4v) is 5.62. The minimum atomic E-state index is -3.29. The molecule has 0 unspecified atom stereocenters. The topological polar surface area (TPSA) is 40.6 Å². The van der Waals surface area contributed by atoms with Gasteiger partial charge in [-0.15, -0.1) is 11.3 Å². The summed E-state index contributed by atoms with van der Waals surface area (Å²) in [6.45, 7) is 5.91. The van der Waals surface area contributed by atoms with Crippen molar-refractivity contribution in [3.8, 4) is 0 Å². The maximum Gasteiger partial charge on any atom is 0.252 e. The first-order valence-corrected chi connectivity index (χ1v) is 9.77. The van der Waals surface area contributed by atoms with Crippen LogP contribution in [0, 0.1) is 6.92 Å². The molecule has 108 valence electrons. The fourth-order valence-electron chi connectivity index (χ4n) is 2.21. The van der Waals surface area contributed by atoms with Crippen LogP contribution < -0.4 is 0 Å². The Labute approximate surface area is 127 Å². The maximum atomic E-state index is 12.5. The number of nitrogens with zero attached hydrogens (tertiary/aromatic N) is 2. The Morgan fingerprint density at radius 2 is 2.05 bits per heavy atom. The van der Waals surface area contributed by atoms with E-state index in [2.05, 4.69) is 20.8 Å². The molecule has 1 aliphatic rings. The van der Waals surface area contributed by atoms with Crippen molar-refractivity contribution in [3.05, 3.63) is 17.0 Å². The zero-order valence-corrected chi connectivity index (χ0v) is 14.2. The standard InChI is InChI=1S/C12H19BrN2O2S2/c1-11-3-4-12(18-11)19(16,17)15-7-2-6-14(8-5-13)9-10-15/h3-4H,2,5-10H2,1H3. The van der Waals surface area contributed by atoms with E-state index in [1.54, 1.807) is 10.4 Å². The Morgan fingerprint density at radius 1 is 1.26 bits per heavy atom. The highest BCUT2D eigenvalue weighted by molar-refractivity contribution is 9.09. The first-order valence-electron chi connectivity index (χ1n) is 6.39. The highest BCUT2D eigenvalue weighted by Crippen LogP contribution is 2.25. The van der Waals surface area contributed by atoms with Gasteiger partial charge in [-0.25, -0.2) is 8.42 Å². The molecule has 7 heteroatoms. The third-order valence-electron chi connectivity index (χ3n) is 3.26. The number of sulfonamides is 1. The number of hydrogen-bond donors (Lipinski definition) is 0. The number of hydrogen-bond acceptors (Lipinski definition) is 4. The Bertz CT molecular complexity index is 516. The molecule has 4 nitrogen and oxygen atoms in total. The first-order chi connectivity index (χ1) is 9.04. The summed E-state index contributed by atoms with van der Waals surface area (Å²) in [6.07, 6.45) is 0.899. The summed E-state index contributed by atoms with van der Waals surface area (Å²) < 4.78 is 27.2. The molecule has 0 amide bonds. The van der Waals surface area contributed by atoms with Crippen molar-refractivity contribution in [1.29, 1.82) is 0 Å². The second kappa shape index (κ2) is 6.67. The average Bonchev–Trinajstić information content (AvgIpc) is 2.66. The van der Waals surface area contributed by atoms with Gasteiger partial charge in [0.2, 0.25) is 0 Å². The van der Waals surface area contributed by atoms with Crippen LogP contribution in [0.15, 0.2) is 16.3 Å². The summed E-state index contributed by atoms with van der Waals surface area (Å²) in [7, 11) is -3.29. The molecule has 0 radical (unpaired) electrons. The van der Waals surface area contributed by atoms with Crippen LogP contribution >= 0.6 is 27.3 Å². The van der Waals surface area contributed by atoms with E-state index in [1.165, 1.54) is 11.3 Å². The minimum Gasteiger partial charge on any atom is -0.301 e. The molecule has 0 aromatic carbocycles. The van der Waals surface area contributed by atoms with Crippen LogP contribution in [0.25, 0.3) is 0 Å². The molecule has 0 N–H and O–H groups in total. The van der Waals surface area contributed by atoms with Gasteiger partial charge in [-0.3, -0.25) is 0 Å². The van der Waals surface area contributed by atoms with Crippen molar-refractivity contribution in [2.45, 2.75) is 17.6 Å². The van der Waals surface area contributed by atoms with Crippen LogP contribution in [-0.2, 0) is 10.0 Å². The summed E-state index contributed by atoms with van der Waals surface area (Å²) in [5.74, 6) is 0. The quantitative estimate of drug-likeness (QED) is 0.766. The number of halogens is 1. The molecule has 1 aromatic heterocycles. The van der Waals surface area contributed by atoms with E-state index in [9.17, 15) is 8.42 Å². The Morgan fingerprint density at radius 3 is 2.68 bits per heavy atom. The van der Waals surface area contributed by atoms with Crippen LogP contribution in [-0.4, -0.2) is 55.7 Å². The highest BCUT2D eigenvalue weighted by Gasteiger charge is 2.27. The van der Waals surface area contributed by atoms with E-state index in [0.29, 0.717) is 17.3 Å². The molecule has 1 aromatic rings. The molecule has 2 rings (SSSR count). The van der Waals surface area contributed by atoms with Crippen LogP contribution in [0.1, 0.15) is 11.3 Å². The number of alkyl halides is 1. The Hall–Kier alpha value is 0.0500. The van der Waals surface area contributed by atoms with Crippen molar-refractivity contribution in [2.24, 2.45) is 0 Å². The Balaban J connectivity index is 2.09. The predicted molar refractivity (Wildman–Crippen MR) is 82.7 cm³/mol. The van der Waals surface area contributed by atoms with Gasteiger partial charge >= 0.3 is 0 Å². The van der Waals surface area contributed by atoms with E-state index in [4.69, 9.17) is 0 Å². The average molecular weight is 367 g/mol. The lowest BCUT2D eigenvalue weighted by Crippen LogP contribution is -2.35. The van der Waals surface area contributed by atoms with Crippen molar-refractivity contribution >= 4 is 37.3 Å². The normalized spacial score (nSPS) is 19.5. The molecule has 0 spiro atoms. The van der Waals surface area contributed by atoms with Crippen molar-refractivity contribution in [1.82, 2.24) is 9.21 Å². The molecule has 0 bridgehead atoms. The van der Waals surface area contributed by atoms with Crippen molar-refractivity contribution in [3.63, 3.8) is 0 Å².